The van der Waals surface area contributed by atoms with Crippen molar-refractivity contribution in [2.75, 3.05) is 26.9 Å². The number of hydrogen-bond donors (Lipinski definition) is 1. The summed E-state index contributed by atoms with van der Waals surface area (Å²) in [6.07, 6.45) is 6.58. The van der Waals surface area contributed by atoms with E-state index >= 15 is 0 Å². The maximum atomic E-state index is 11.4. The lowest BCUT2D eigenvalue weighted by Crippen LogP contribution is -2.29. The van der Waals surface area contributed by atoms with Crippen molar-refractivity contribution >= 4 is 17.4 Å². The fraction of sp³-hybridized carbons (Fsp3) is 0.484. The third kappa shape index (κ3) is 7.92. The molecule has 0 aliphatic carbocycles. The molecule has 0 radical (unpaired) electrons. The van der Waals surface area contributed by atoms with Gasteiger partial charge in [0.1, 0.15) is 12.4 Å². The average Bonchev–Trinajstić information content (AvgIpc) is 2.95. The average molecular weight is 522 g/mol. The molecule has 2 aromatic rings. The Morgan fingerprint density at radius 1 is 1.00 bits per heavy atom. The first-order valence-corrected chi connectivity index (χ1v) is 13.7. The van der Waals surface area contributed by atoms with Crippen molar-refractivity contribution in [3.05, 3.63) is 70.9 Å². The summed E-state index contributed by atoms with van der Waals surface area (Å²) < 4.78 is 22.0. The Morgan fingerprint density at radius 2 is 1.74 bits per heavy atom. The highest BCUT2D eigenvalue weighted by molar-refractivity contribution is 5.87. The minimum atomic E-state index is -0.737. The van der Waals surface area contributed by atoms with Crippen LogP contribution in [-0.2, 0) is 31.8 Å². The van der Waals surface area contributed by atoms with Crippen LogP contribution in [0, 0.1) is 0 Å². The summed E-state index contributed by atoms with van der Waals surface area (Å²) >= 11 is 0. The number of hydrogen-bond acceptors (Lipinski definition) is 7. The Hall–Kier alpha value is -3.16. The number of aryl methyl sites for hydroxylation is 2. The van der Waals surface area contributed by atoms with E-state index in [1.54, 1.807) is 12.1 Å². The second-order valence-electron chi connectivity index (χ2n) is 9.84. The molecule has 7 heteroatoms. The smallest absolute Gasteiger partial charge is 0.343 e. The van der Waals surface area contributed by atoms with Gasteiger partial charge in [0.15, 0.2) is 12.5 Å². The molecule has 1 saturated heterocycles. The lowest BCUT2D eigenvalue weighted by molar-refractivity contribution is -0.142. The van der Waals surface area contributed by atoms with Gasteiger partial charge in [-0.3, -0.25) is 0 Å². The second kappa shape index (κ2) is 14.1. The Balaban J connectivity index is 1.53. The molecule has 2 atom stereocenters. The number of benzene rings is 2. The van der Waals surface area contributed by atoms with Crippen LogP contribution in [0.5, 0.6) is 5.75 Å². The van der Waals surface area contributed by atoms with Crippen LogP contribution in [0.2, 0.25) is 0 Å². The van der Waals surface area contributed by atoms with E-state index in [-0.39, 0.29) is 12.7 Å². The fourth-order valence-corrected chi connectivity index (χ4v) is 4.84. The third-order valence-electron chi connectivity index (χ3n) is 6.94. The maximum absolute atomic E-state index is 11.4. The zero-order valence-corrected chi connectivity index (χ0v) is 22.5. The molecule has 2 aromatic carbocycles. The summed E-state index contributed by atoms with van der Waals surface area (Å²) in [4.78, 5) is 16.3. The Kier molecular flexibility index (Phi) is 10.4. The summed E-state index contributed by atoms with van der Waals surface area (Å²) in [5.74, 6) is 0.672. The molecule has 2 unspecified atom stereocenters. The summed E-state index contributed by atoms with van der Waals surface area (Å²) in [6.45, 7) is 3.26. The Labute approximate surface area is 225 Å². The molecule has 0 amide bonds. The quantitative estimate of drug-likeness (QED) is 0.405. The van der Waals surface area contributed by atoms with E-state index in [0.717, 1.165) is 62.0 Å². The second-order valence-corrected chi connectivity index (χ2v) is 9.84. The fourth-order valence-electron chi connectivity index (χ4n) is 4.84. The zero-order valence-electron chi connectivity index (χ0n) is 22.5. The molecular weight excluding hydrogens is 482 g/mol. The Morgan fingerprint density at radius 3 is 2.39 bits per heavy atom. The van der Waals surface area contributed by atoms with Gasteiger partial charge in [-0.05, 0) is 67.3 Å². The molecule has 2 aliphatic rings. The first-order chi connectivity index (χ1) is 18.6. The number of carbonyl (C=O) groups is 1. The molecule has 7 nitrogen and oxygen atoms in total. The monoisotopic (exact) mass is 521 g/mol. The van der Waals surface area contributed by atoms with E-state index in [1.165, 1.54) is 18.2 Å². The molecule has 2 heterocycles. The van der Waals surface area contributed by atoms with Crippen LogP contribution in [-0.4, -0.2) is 56.1 Å². The van der Waals surface area contributed by atoms with Gasteiger partial charge in [0.2, 0.25) is 0 Å². The summed E-state index contributed by atoms with van der Waals surface area (Å²) in [7, 11) is 1.33. The van der Waals surface area contributed by atoms with E-state index in [2.05, 4.69) is 35.9 Å². The van der Waals surface area contributed by atoms with Crippen molar-refractivity contribution in [1.29, 1.82) is 0 Å². The van der Waals surface area contributed by atoms with Gasteiger partial charge in [0.25, 0.3) is 0 Å². The largest absolute Gasteiger partial charge is 0.482 e. The highest BCUT2D eigenvalue weighted by Gasteiger charge is 2.27. The number of carbonyl (C=O) groups excluding carboxylic acids is 1. The molecule has 1 N–H and O–H groups in total. The standard InChI is InChI=1S/C31H39NO6/c1-3-6-22-8-10-23(11-9-22)12-17-27-31(24-13-15-25(16-14-24)37-21-30(34)35-2)28(33)19-29(32-27)38-20-26-7-4-5-18-36-26/h8-11,13-16,26,28,33H,3-7,12,17-21H2,1-2H3. The first-order valence-electron chi connectivity index (χ1n) is 13.7. The summed E-state index contributed by atoms with van der Waals surface area (Å²) in [6, 6.07) is 16.1. The predicted octanol–water partition coefficient (Wildman–Crippen LogP) is 5.28. The molecule has 0 saturated carbocycles. The number of methoxy groups -OCH3 is 1. The number of rotatable bonds is 11. The van der Waals surface area contributed by atoms with E-state index in [1.807, 2.05) is 12.1 Å². The van der Waals surface area contributed by atoms with Gasteiger partial charge in [-0.2, -0.15) is 0 Å². The molecular formula is C31H39NO6. The lowest BCUT2D eigenvalue weighted by atomic mass is 9.91. The predicted molar refractivity (Wildman–Crippen MR) is 147 cm³/mol. The molecule has 4 rings (SSSR count). The SMILES string of the molecule is CCCc1ccc(CCC2=C(c3ccc(OCC(=O)OC)cc3)C(O)CC(OCC3CCCCO3)=N2)cc1. The van der Waals surface area contributed by atoms with Crippen LogP contribution < -0.4 is 4.74 Å². The van der Waals surface area contributed by atoms with Crippen molar-refractivity contribution in [3.63, 3.8) is 0 Å². The van der Waals surface area contributed by atoms with Gasteiger partial charge in [0.05, 0.1) is 31.4 Å². The van der Waals surface area contributed by atoms with Crippen molar-refractivity contribution in [1.82, 2.24) is 0 Å². The minimum absolute atomic E-state index is 0.0802. The normalized spacial score (nSPS) is 19.6. The molecule has 0 aromatic heterocycles. The van der Waals surface area contributed by atoms with Crippen LogP contribution in [0.1, 0.15) is 62.1 Å². The van der Waals surface area contributed by atoms with Gasteiger partial charge in [0, 0.05) is 12.2 Å². The van der Waals surface area contributed by atoms with Crippen LogP contribution >= 0.6 is 0 Å². The molecule has 0 bridgehead atoms. The van der Waals surface area contributed by atoms with Gasteiger partial charge >= 0.3 is 5.97 Å². The van der Waals surface area contributed by atoms with Gasteiger partial charge in [-0.25, -0.2) is 9.79 Å². The molecule has 0 spiro atoms. The van der Waals surface area contributed by atoms with Gasteiger partial charge in [-0.15, -0.1) is 0 Å². The summed E-state index contributed by atoms with van der Waals surface area (Å²) in [5.41, 5.74) is 5.07. The molecule has 2 aliphatic heterocycles. The van der Waals surface area contributed by atoms with Crippen molar-refractivity contribution in [2.45, 2.75) is 70.5 Å². The highest BCUT2D eigenvalue weighted by Crippen LogP contribution is 2.33. The minimum Gasteiger partial charge on any atom is -0.482 e. The van der Waals surface area contributed by atoms with Crippen LogP contribution in [0.4, 0.5) is 0 Å². The van der Waals surface area contributed by atoms with E-state index in [4.69, 9.17) is 19.2 Å². The zero-order chi connectivity index (χ0) is 26.7. The van der Waals surface area contributed by atoms with E-state index in [0.29, 0.717) is 31.1 Å². The number of aliphatic imine (C=N–C) groups is 1. The van der Waals surface area contributed by atoms with Crippen molar-refractivity contribution < 1.29 is 28.8 Å². The number of aliphatic hydroxyl groups excluding tert-OH is 1. The van der Waals surface area contributed by atoms with E-state index < -0.39 is 12.1 Å². The van der Waals surface area contributed by atoms with Gasteiger partial charge < -0.3 is 24.1 Å². The lowest BCUT2D eigenvalue weighted by Gasteiger charge is -2.27. The first kappa shape index (κ1) is 27.9. The number of aliphatic hydroxyl groups is 1. The van der Waals surface area contributed by atoms with Crippen molar-refractivity contribution in [3.8, 4) is 5.75 Å². The summed E-state index contributed by atoms with van der Waals surface area (Å²) in [5, 5.41) is 11.2. The third-order valence-corrected chi connectivity index (χ3v) is 6.94. The number of nitrogens with zero attached hydrogens (tertiary/aromatic N) is 1. The number of esters is 1. The molecule has 38 heavy (non-hydrogen) atoms. The molecule has 204 valence electrons. The van der Waals surface area contributed by atoms with Crippen LogP contribution in [0.15, 0.2) is 59.2 Å². The van der Waals surface area contributed by atoms with Crippen LogP contribution in [0.3, 0.4) is 0 Å². The maximum Gasteiger partial charge on any atom is 0.343 e. The Bertz CT molecular complexity index is 1100. The number of allylic oxidation sites excluding steroid dienone is 1. The number of ether oxygens (including phenoxy) is 4. The highest BCUT2D eigenvalue weighted by atomic mass is 16.6. The topological polar surface area (TPSA) is 86.6 Å². The van der Waals surface area contributed by atoms with E-state index in [9.17, 15) is 9.90 Å². The van der Waals surface area contributed by atoms with Crippen molar-refractivity contribution in [2.24, 2.45) is 4.99 Å². The molecule has 1 fully saturated rings. The van der Waals surface area contributed by atoms with Gasteiger partial charge in [-0.1, -0.05) is 49.7 Å². The van der Waals surface area contributed by atoms with Crippen LogP contribution in [0.25, 0.3) is 5.57 Å².